The predicted octanol–water partition coefficient (Wildman–Crippen LogP) is 6.25. The summed E-state index contributed by atoms with van der Waals surface area (Å²) in [6.45, 7) is 2.87. The van der Waals surface area contributed by atoms with Gasteiger partial charge in [0, 0.05) is 15.7 Å². The van der Waals surface area contributed by atoms with Gasteiger partial charge in [-0.3, -0.25) is 13.8 Å². The molecule has 0 aliphatic heterocycles. The number of sulfonamides is 2. The van der Waals surface area contributed by atoms with Gasteiger partial charge in [0.05, 0.1) is 21.2 Å². The van der Waals surface area contributed by atoms with Crippen LogP contribution in [0.2, 0.25) is 10.0 Å². The van der Waals surface area contributed by atoms with Crippen molar-refractivity contribution in [2.75, 3.05) is 20.9 Å². The second-order valence-corrected chi connectivity index (χ2v) is 13.2. The molecule has 40 heavy (non-hydrogen) atoms. The van der Waals surface area contributed by atoms with Gasteiger partial charge >= 0.3 is 0 Å². The number of hydrogen-bond donors (Lipinski definition) is 2. The first-order valence-electron chi connectivity index (χ1n) is 11.9. The monoisotopic (exact) mass is 617 g/mol. The van der Waals surface area contributed by atoms with Gasteiger partial charge in [-0.1, -0.05) is 53.5 Å². The molecule has 0 spiro atoms. The summed E-state index contributed by atoms with van der Waals surface area (Å²) in [7, 11) is -8.06. The number of amides is 1. The number of carbonyl (C=O) groups excluding carboxylic acids is 1. The average molecular weight is 619 g/mol. The quantitative estimate of drug-likeness (QED) is 0.231. The Hall–Kier alpha value is -3.57. The largest absolute Gasteiger partial charge is 0.325 e. The second-order valence-electron chi connectivity index (χ2n) is 8.85. The summed E-state index contributed by atoms with van der Waals surface area (Å²) in [5.74, 6) is -0.637. The molecule has 2 N–H and O–H groups in total. The molecule has 8 nitrogen and oxygen atoms in total. The van der Waals surface area contributed by atoms with Crippen LogP contribution in [0.25, 0.3) is 0 Å². The van der Waals surface area contributed by atoms with Crippen LogP contribution in [0.4, 0.5) is 17.1 Å². The second kappa shape index (κ2) is 11.9. The van der Waals surface area contributed by atoms with Gasteiger partial charge in [0.25, 0.3) is 20.0 Å². The Morgan fingerprint density at radius 3 is 2.15 bits per heavy atom. The fraction of sp³-hybridized carbons (Fsp3) is 0.107. The van der Waals surface area contributed by atoms with Crippen LogP contribution in [-0.2, 0) is 24.8 Å². The van der Waals surface area contributed by atoms with Crippen LogP contribution in [0, 0.1) is 13.8 Å². The van der Waals surface area contributed by atoms with Gasteiger partial charge in [0.2, 0.25) is 5.91 Å². The van der Waals surface area contributed by atoms with Crippen molar-refractivity contribution in [1.82, 2.24) is 0 Å². The number of anilines is 3. The Bertz CT molecular complexity index is 1760. The number of halogens is 2. The van der Waals surface area contributed by atoms with E-state index in [2.05, 4.69) is 10.0 Å². The minimum Gasteiger partial charge on any atom is -0.325 e. The van der Waals surface area contributed by atoms with Crippen LogP contribution in [0.15, 0.2) is 101 Å². The maximum atomic E-state index is 13.6. The van der Waals surface area contributed by atoms with Crippen molar-refractivity contribution in [3.63, 3.8) is 0 Å². The standard InChI is InChI=1S/C28H25Cl2N3O5S2/c1-19-11-12-21(29)17-27(19)33(40(37,38)24-7-4-3-5-8-24)18-28(34)31-22-13-15-23(16-14-22)39(35,36)32-26-10-6-9-25(30)20(26)2/h3-17,32H,18H2,1-2H3,(H,31,34). The Morgan fingerprint density at radius 2 is 1.48 bits per heavy atom. The first-order chi connectivity index (χ1) is 18.9. The molecule has 0 saturated carbocycles. The Labute approximate surface area is 243 Å². The number of rotatable bonds is 9. The maximum absolute atomic E-state index is 13.6. The zero-order chi connectivity index (χ0) is 29.1. The normalized spacial score (nSPS) is 11.6. The summed E-state index contributed by atoms with van der Waals surface area (Å²) in [6.07, 6.45) is 0. The molecule has 4 aromatic carbocycles. The fourth-order valence-electron chi connectivity index (χ4n) is 3.84. The van der Waals surface area contributed by atoms with E-state index in [1.807, 2.05) is 0 Å². The molecule has 0 heterocycles. The van der Waals surface area contributed by atoms with E-state index >= 15 is 0 Å². The average Bonchev–Trinajstić information content (AvgIpc) is 2.92. The summed E-state index contributed by atoms with van der Waals surface area (Å²) in [4.78, 5) is 13.0. The maximum Gasteiger partial charge on any atom is 0.264 e. The molecule has 0 saturated heterocycles. The number of aryl methyl sites for hydroxylation is 1. The number of nitrogens with zero attached hydrogens (tertiary/aromatic N) is 1. The summed E-state index contributed by atoms with van der Waals surface area (Å²) < 4.78 is 56.4. The summed E-state index contributed by atoms with van der Waals surface area (Å²) in [6, 6.07) is 22.9. The molecule has 0 atom stereocenters. The van der Waals surface area contributed by atoms with Crippen molar-refractivity contribution in [1.29, 1.82) is 0 Å². The number of carbonyl (C=O) groups is 1. The van der Waals surface area contributed by atoms with Gasteiger partial charge < -0.3 is 5.32 Å². The van der Waals surface area contributed by atoms with Gasteiger partial charge in [0.1, 0.15) is 6.54 Å². The lowest BCUT2D eigenvalue weighted by atomic mass is 10.2. The molecule has 0 unspecified atom stereocenters. The van der Waals surface area contributed by atoms with Gasteiger partial charge in [-0.15, -0.1) is 0 Å². The Kier molecular flexibility index (Phi) is 8.74. The fourth-order valence-corrected chi connectivity index (χ4v) is 6.80. The SMILES string of the molecule is Cc1ccc(Cl)cc1N(CC(=O)Nc1ccc(S(=O)(=O)Nc2cccc(Cl)c2C)cc1)S(=O)(=O)c1ccccc1. The van der Waals surface area contributed by atoms with Gasteiger partial charge in [-0.05, 0) is 85.6 Å². The molecule has 208 valence electrons. The third kappa shape index (κ3) is 6.59. The van der Waals surface area contributed by atoms with E-state index in [0.29, 0.717) is 26.9 Å². The molecule has 1 amide bonds. The van der Waals surface area contributed by atoms with Crippen LogP contribution >= 0.6 is 23.2 Å². The van der Waals surface area contributed by atoms with Crippen molar-refractivity contribution >= 4 is 66.2 Å². The van der Waals surface area contributed by atoms with Crippen LogP contribution < -0.4 is 14.3 Å². The smallest absolute Gasteiger partial charge is 0.264 e. The molecule has 0 fully saturated rings. The molecule has 0 bridgehead atoms. The van der Waals surface area contributed by atoms with Crippen molar-refractivity contribution < 1.29 is 21.6 Å². The summed E-state index contributed by atoms with van der Waals surface area (Å²) in [5.41, 5.74) is 2.08. The minimum absolute atomic E-state index is 0.0131. The van der Waals surface area contributed by atoms with Crippen LogP contribution in [-0.4, -0.2) is 29.3 Å². The lowest BCUT2D eigenvalue weighted by Crippen LogP contribution is -2.38. The topological polar surface area (TPSA) is 113 Å². The van der Waals surface area contributed by atoms with E-state index in [4.69, 9.17) is 23.2 Å². The van der Waals surface area contributed by atoms with E-state index in [0.717, 1.165) is 4.31 Å². The summed E-state index contributed by atoms with van der Waals surface area (Å²) >= 11 is 12.2. The molecule has 0 aliphatic rings. The van der Waals surface area contributed by atoms with Crippen molar-refractivity contribution in [3.05, 3.63) is 112 Å². The molecule has 0 aliphatic carbocycles. The highest BCUT2D eigenvalue weighted by Crippen LogP contribution is 2.30. The van der Waals surface area contributed by atoms with E-state index < -0.39 is 32.5 Å². The van der Waals surface area contributed by atoms with E-state index in [1.165, 1.54) is 42.5 Å². The number of benzene rings is 4. The predicted molar refractivity (Wildman–Crippen MR) is 159 cm³/mol. The highest BCUT2D eigenvalue weighted by molar-refractivity contribution is 7.93. The van der Waals surface area contributed by atoms with Crippen LogP contribution in [0.1, 0.15) is 11.1 Å². The lowest BCUT2D eigenvalue weighted by molar-refractivity contribution is -0.114. The van der Waals surface area contributed by atoms with E-state index in [9.17, 15) is 21.6 Å². The summed E-state index contributed by atoms with van der Waals surface area (Å²) in [5, 5.41) is 3.37. The van der Waals surface area contributed by atoms with Crippen molar-refractivity contribution in [2.45, 2.75) is 23.6 Å². The van der Waals surface area contributed by atoms with Crippen LogP contribution in [0.5, 0.6) is 0 Å². The molecule has 12 heteroatoms. The number of nitrogens with one attached hydrogen (secondary N) is 2. The molecular formula is C28H25Cl2N3O5S2. The third-order valence-corrected chi connectivity index (χ3v) is 9.82. The zero-order valence-corrected chi connectivity index (χ0v) is 24.6. The molecule has 0 aromatic heterocycles. The lowest BCUT2D eigenvalue weighted by Gasteiger charge is -2.26. The van der Waals surface area contributed by atoms with E-state index in [1.54, 1.807) is 62.4 Å². The zero-order valence-electron chi connectivity index (χ0n) is 21.4. The number of hydrogen-bond acceptors (Lipinski definition) is 5. The van der Waals surface area contributed by atoms with Crippen molar-refractivity contribution in [3.8, 4) is 0 Å². The first-order valence-corrected chi connectivity index (χ1v) is 15.6. The molecule has 0 radical (unpaired) electrons. The highest BCUT2D eigenvalue weighted by Gasteiger charge is 2.28. The van der Waals surface area contributed by atoms with Gasteiger partial charge in [-0.25, -0.2) is 16.8 Å². The van der Waals surface area contributed by atoms with Gasteiger partial charge in [-0.2, -0.15) is 0 Å². The molecular weight excluding hydrogens is 593 g/mol. The Morgan fingerprint density at radius 1 is 0.800 bits per heavy atom. The van der Waals surface area contributed by atoms with Crippen LogP contribution in [0.3, 0.4) is 0 Å². The third-order valence-electron chi connectivity index (χ3n) is 6.02. The molecule has 4 aromatic rings. The van der Waals surface area contributed by atoms with E-state index in [-0.39, 0.29) is 21.2 Å². The molecule has 4 rings (SSSR count). The minimum atomic E-state index is -4.13. The Balaban J connectivity index is 1.56. The van der Waals surface area contributed by atoms with Crippen molar-refractivity contribution in [2.24, 2.45) is 0 Å². The first kappa shape index (κ1) is 29.4. The van der Waals surface area contributed by atoms with Gasteiger partial charge in [0.15, 0.2) is 0 Å². The highest BCUT2D eigenvalue weighted by atomic mass is 35.5.